The van der Waals surface area contributed by atoms with Crippen molar-refractivity contribution in [3.8, 4) is 0 Å². The number of hydrogen-bond donors (Lipinski definition) is 2. The van der Waals surface area contributed by atoms with Gasteiger partial charge in [0.25, 0.3) is 0 Å². The molecule has 0 bridgehead atoms. The molecule has 2 N–H and O–H groups in total. The van der Waals surface area contributed by atoms with Crippen LogP contribution in [-0.4, -0.2) is 24.0 Å². The van der Waals surface area contributed by atoms with E-state index in [1.807, 2.05) is 37.8 Å². The lowest BCUT2D eigenvalue weighted by Crippen LogP contribution is -2.28. The molecule has 1 aromatic carbocycles. The van der Waals surface area contributed by atoms with Crippen molar-refractivity contribution in [2.24, 2.45) is 0 Å². The smallest absolute Gasteiger partial charge is 0.142 e. The number of aliphatic hydroxyl groups excluding tert-OH is 1. The van der Waals surface area contributed by atoms with Crippen LogP contribution in [0.3, 0.4) is 0 Å². The zero-order valence-electron chi connectivity index (χ0n) is 11.1. The van der Waals surface area contributed by atoms with Crippen LogP contribution in [-0.2, 0) is 4.79 Å². The fourth-order valence-corrected chi connectivity index (χ4v) is 2.23. The maximum absolute atomic E-state index is 12.2. The quantitative estimate of drug-likeness (QED) is 0.810. The first-order valence-corrected chi connectivity index (χ1v) is 6.93. The van der Waals surface area contributed by atoms with Crippen molar-refractivity contribution in [3.63, 3.8) is 0 Å². The Hall–Kier alpha value is -0.900. The van der Waals surface area contributed by atoms with Crippen molar-refractivity contribution in [3.05, 3.63) is 66.5 Å². The van der Waals surface area contributed by atoms with Crippen LogP contribution in [0.15, 0.2) is 24.3 Å². The summed E-state index contributed by atoms with van der Waals surface area (Å²) in [4.78, 5) is 12.2. The van der Waals surface area contributed by atoms with Crippen molar-refractivity contribution in [1.82, 2.24) is 5.32 Å². The SMILES string of the molecule is O=C(CC(NCCO)c1ccc(Cl)cc1)[C]1[CH][CH][CH][CH]1. The van der Waals surface area contributed by atoms with Crippen LogP contribution < -0.4 is 5.32 Å². The van der Waals surface area contributed by atoms with Gasteiger partial charge in [0.15, 0.2) is 0 Å². The highest BCUT2D eigenvalue weighted by atomic mass is 35.5. The Balaban J connectivity index is 2.02. The molecule has 0 saturated heterocycles. The monoisotopic (exact) mass is 290 g/mol. The molecule has 1 atom stereocenters. The van der Waals surface area contributed by atoms with E-state index in [9.17, 15) is 4.79 Å². The van der Waals surface area contributed by atoms with E-state index in [0.717, 1.165) is 11.5 Å². The van der Waals surface area contributed by atoms with Gasteiger partial charge in [-0.25, -0.2) is 0 Å². The number of carbonyl (C=O) groups is 1. The van der Waals surface area contributed by atoms with E-state index in [0.29, 0.717) is 18.0 Å². The molecule has 0 aromatic heterocycles. The van der Waals surface area contributed by atoms with Gasteiger partial charge >= 0.3 is 0 Å². The number of aliphatic hydroxyl groups is 1. The van der Waals surface area contributed by atoms with Gasteiger partial charge in [0.1, 0.15) is 5.78 Å². The van der Waals surface area contributed by atoms with Gasteiger partial charge in [0, 0.05) is 29.9 Å². The fourth-order valence-electron chi connectivity index (χ4n) is 2.10. The van der Waals surface area contributed by atoms with E-state index in [1.165, 1.54) is 0 Å². The normalized spacial score (nSPS) is 17.3. The first-order chi connectivity index (χ1) is 9.70. The van der Waals surface area contributed by atoms with Gasteiger partial charge in [-0.1, -0.05) is 23.7 Å². The highest BCUT2D eigenvalue weighted by Gasteiger charge is 2.26. The van der Waals surface area contributed by atoms with Gasteiger partial charge in [-0.2, -0.15) is 0 Å². The minimum Gasteiger partial charge on any atom is -0.395 e. The van der Waals surface area contributed by atoms with Crippen molar-refractivity contribution < 1.29 is 9.90 Å². The molecule has 1 aliphatic rings. The van der Waals surface area contributed by atoms with Gasteiger partial charge < -0.3 is 10.4 Å². The van der Waals surface area contributed by atoms with Gasteiger partial charge in [-0.3, -0.25) is 4.79 Å². The van der Waals surface area contributed by atoms with Crippen molar-refractivity contribution >= 4 is 17.4 Å². The number of nitrogens with one attached hydrogen (secondary N) is 1. The maximum Gasteiger partial charge on any atom is 0.142 e. The van der Waals surface area contributed by atoms with E-state index < -0.39 is 0 Å². The molecule has 105 valence electrons. The Bertz CT molecular complexity index is 427. The molecule has 1 saturated carbocycles. The van der Waals surface area contributed by atoms with E-state index in [2.05, 4.69) is 5.32 Å². The second-order valence-electron chi connectivity index (χ2n) is 4.58. The second-order valence-corrected chi connectivity index (χ2v) is 5.02. The summed E-state index contributed by atoms with van der Waals surface area (Å²) in [7, 11) is 0. The minimum atomic E-state index is -0.123. The van der Waals surface area contributed by atoms with E-state index in [4.69, 9.17) is 16.7 Å². The molecular weight excluding hydrogens is 274 g/mol. The zero-order valence-corrected chi connectivity index (χ0v) is 11.8. The summed E-state index contributed by atoms with van der Waals surface area (Å²) < 4.78 is 0. The molecule has 5 radical (unpaired) electrons. The van der Waals surface area contributed by atoms with Crippen molar-refractivity contribution in [2.75, 3.05) is 13.2 Å². The Morgan fingerprint density at radius 1 is 1.20 bits per heavy atom. The van der Waals surface area contributed by atoms with Crippen LogP contribution in [0.4, 0.5) is 0 Å². The average Bonchev–Trinajstić information content (AvgIpc) is 2.98. The minimum absolute atomic E-state index is 0.0364. The molecule has 1 unspecified atom stereocenters. The van der Waals surface area contributed by atoms with Gasteiger partial charge in [0.2, 0.25) is 0 Å². The van der Waals surface area contributed by atoms with Gasteiger partial charge in [-0.15, -0.1) is 0 Å². The van der Waals surface area contributed by atoms with Crippen molar-refractivity contribution in [2.45, 2.75) is 12.5 Å². The summed E-state index contributed by atoms with van der Waals surface area (Å²) in [6.45, 7) is 0.482. The van der Waals surface area contributed by atoms with Crippen LogP contribution in [0.25, 0.3) is 0 Å². The topological polar surface area (TPSA) is 49.3 Å². The van der Waals surface area contributed by atoms with Gasteiger partial charge in [-0.05, 0) is 43.4 Å². The van der Waals surface area contributed by atoms with Crippen LogP contribution in [0.1, 0.15) is 18.0 Å². The molecule has 4 heteroatoms. The molecular formula is C16H17ClNO2. The third-order valence-electron chi connectivity index (χ3n) is 3.15. The predicted octanol–water partition coefficient (Wildman–Crippen LogP) is 2.33. The molecule has 1 fully saturated rings. The molecule has 20 heavy (non-hydrogen) atoms. The third-order valence-corrected chi connectivity index (χ3v) is 3.40. The highest BCUT2D eigenvalue weighted by Crippen LogP contribution is 2.28. The van der Waals surface area contributed by atoms with Crippen LogP contribution in [0, 0.1) is 31.6 Å². The number of benzene rings is 1. The van der Waals surface area contributed by atoms with Gasteiger partial charge in [0.05, 0.1) is 6.61 Å². The summed E-state index contributed by atoms with van der Waals surface area (Å²) in [5, 5.41) is 12.8. The summed E-state index contributed by atoms with van der Waals surface area (Å²) >= 11 is 5.88. The molecule has 0 aliphatic heterocycles. The molecule has 0 spiro atoms. The Kier molecular flexibility index (Phi) is 6.02. The third kappa shape index (κ3) is 4.30. The first-order valence-electron chi connectivity index (χ1n) is 6.55. The van der Waals surface area contributed by atoms with Crippen LogP contribution in [0.5, 0.6) is 0 Å². The summed E-state index contributed by atoms with van der Waals surface area (Å²) in [5.41, 5.74) is 0.989. The Morgan fingerprint density at radius 2 is 1.85 bits per heavy atom. The molecule has 0 amide bonds. The Labute approximate surface area is 125 Å². The molecule has 0 heterocycles. The standard InChI is InChI=1S/C16H17ClNO2/c17-14-7-5-12(6-8-14)15(18-9-10-19)11-16(20)13-3-1-2-4-13/h1-8,15,18-19H,9-11H2. The lowest BCUT2D eigenvalue weighted by molar-refractivity contribution is -0.117. The molecule has 1 aliphatic carbocycles. The number of hydrogen-bond acceptors (Lipinski definition) is 3. The number of rotatable bonds is 7. The largest absolute Gasteiger partial charge is 0.395 e. The summed E-state index contributed by atoms with van der Waals surface area (Å²) in [5.74, 6) is 0.801. The number of carbonyl (C=O) groups excluding carboxylic acids is 1. The lowest BCUT2D eigenvalue weighted by atomic mass is 9.93. The number of ketones is 1. The first kappa shape index (κ1) is 15.5. The maximum atomic E-state index is 12.2. The van der Waals surface area contributed by atoms with E-state index >= 15 is 0 Å². The number of Topliss-reactive ketones (excluding diaryl/α,β-unsaturated/α-hetero) is 1. The average molecular weight is 291 g/mol. The lowest BCUT2D eigenvalue weighted by Gasteiger charge is -2.19. The molecule has 3 nitrogen and oxygen atoms in total. The predicted molar refractivity (Wildman–Crippen MR) is 79.3 cm³/mol. The Morgan fingerprint density at radius 3 is 2.45 bits per heavy atom. The van der Waals surface area contributed by atoms with Crippen LogP contribution >= 0.6 is 11.6 Å². The van der Waals surface area contributed by atoms with E-state index in [-0.39, 0.29) is 18.4 Å². The molecule has 1 aromatic rings. The number of halogens is 1. The fraction of sp³-hybridized carbons (Fsp3) is 0.250. The summed E-state index contributed by atoms with van der Waals surface area (Å²) in [6.07, 6.45) is 7.68. The summed E-state index contributed by atoms with van der Waals surface area (Å²) in [6, 6.07) is 7.28. The second kappa shape index (κ2) is 7.77. The van der Waals surface area contributed by atoms with E-state index in [1.54, 1.807) is 12.1 Å². The van der Waals surface area contributed by atoms with Crippen LogP contribution in [0.2, 0.25) is 5.02 Å². The molecule has 2 rings (SSSR count). The highest BCUT2D eigenvalue weighted by molar-refractivity contribution is 6.30. The zero-order chi connectivity index (χ0) is 14.4. The van der Waals surface area contributed by atoms with Crippen molar-refractivity contribution in [1.29, 1.82) is 0 Å².